The SMILES string of the molecule is CCC(C)Nc1cc(C)cc(COc2c(Br)cc(C(=O)NCC(=O)O)cc2Br)c1.CCC(C)Nc1cc(C)cc(COc2c(Cl)cc(CCC(=O)O)cc2Cl)c1. The first-order chi connectivity index (χ1) is 26.5. The van der Waals surface area contributed by atoms with Crippen molar-refractivity contribution in [2.75, 3.05) is 17.2 Å². The number of anilines is 2. The van der Waals surface area contributed by atoms with Crippen molar-refractivity contribution < 1.29 is 34.1 Å². The quantitative estimate of drug-likeness (QED) is 0.0658. The first-order valence-electron chi connectivity index (χ1n) is 18.2. The zero-order valence-electron chi connectivity index (χ0n) is 32.3. The van der Waals surface area contributed by atoms with Gasteiger partial charge >= 0.3 is 11.9 Å². The average molecular weight is 939 g/mol. The molecule has 2 unspecified atom stereocenters. The maximum Gasteiger partial charge on any atom is 0.322 e. The molecular formula is C42H49Br2Cl2N3O7. The van der Waals surface area contributed by atoms with Gasteiger partial charge in [0.2, 0.25) is 0 Å². The minimum atomic E-state index is -1.10. The van der Waals surface area contributed by atoms with Crippen molar-refractivity contribution in [1.29, 1.82) is 0 Å². The molecule has 1 amide bonds. The van der Waals surface area contributed by atoms with Gasteiger partial charge < -0.3 is 35.6 Å². The fourth-order valence-electron chi connectivity index (χ4n) is 5.38. The Morgan fingerprint density at radius 1 is 0.679 bits per heavy atom. The average Bonchev–Trinajstić information content (AvgIpc) is 3.11. The van der Waals surface area contributed by atoms with Crippen LogP contribution in [0.3, 0.4) is 0 Å². The largest absolute Gasteiger partial charge is 0.487 e. The summed E-state index contributed by atoms with van der Waals surface area (Å²) in [5.41, 5.74) is 7.54. The zero-order valence-corrected chi connectivity index (χ0v) is 37.0. The first kappa shape index (κ1) is 46.4. The Kier molecular flexibility index (Phi) is 18.8. The Morgan fingerprint density at radius 2 is 1.14 bits per heavy atom. The van der Waals surface area contributed by atoms with Gasteiger partial charge in [0, 0.05) is 35.4 Å². The Labute approximate surface area is 355 Å². The molecular weight excluding hydrogens is 889 g/mol. The van der Waals surface area contributed by atoms with Gasteiger partial charge in [0.25, 0.3) is 5.91 Å². The van der Waals surface area contributed by atoms with Crippen LogP contribution in [0.15, 0.2) is 69.6 Å². The lowest BCUT2D eigenvalue weighted by atomic mass is 10.1. The van der Waals surface area contributed by atoms with Crippen molar-refractivity contribution in [2.24, 2.45) is 0 Å². The van der Waals surface area contributed by atoms with Crippen LogP contribution in [-0.4, -0.2) is 46.7 Å². The van der Waals surface area contributed by atoms with Gasteiger partial charge in [-0.1, -0.05) is 49.2 Å². The summed E-state index contributed by atoms with van der Waals surface area (Å²) in [6.45, 7) is 12.9. The van der Waals surface area contributed by atoms with Crippen LogP contribution in [-0.2, 0) is 29.2 Å². The number of halogens is 4. The summed E-state index contributed by atoms with van der Waals surface area (Å²) >= 11 is 19.4. The van der Waals surface area contributed by atoms with Crippen LogP contribution in [0.1, 0.15) is 85.1 Å². The summed E-state index contributed by atoms with van der Waals surface area (Å²) in [4.78, 5) is 33.4. The lowest BCUT2D eigenvalue weighted by Gasteiger charge is -2.16. The van der Waals surface area contributed by atoms with E-state index >= 15 is 0 Å². The lowest BCUT2D eigenvalue weighted by molar-refractivity contribution is -0.137. The second kappa shape index (κ2) is 22.7. The van der Waals surface area contributed by atoms with E-state index in [1.165, 1.54) is 0 Å². The van der Waals surface area contributed by atoms with E-state index in [2.05, 4.69) is 112 Å². The van der Waals surface area contributed by atoms with Gasteiger partial charge in [0.1, 0.15) is 25.5 Å². The molecule has 0 heterocycles. The second-order valence-corrected chi connectivity index (χ2v) is 16.1. The highest BCUT2D eigenvalue weighted by atomic mass is 79.9. The fourth-order valence-corrected chi connectivity index (χ4v) is 7.43. The Bertz CT molecular complexity index is 1950. The molecule has 4 aromatic rings. The second-order valence-electron chi connectivity index (χ2n) is 13.5. The van der Waals surface area contributed by atoms with Gasteiger partial charge in [-0.25, -0.2) is 0 Å². The highest BCUT2D eigenvalue weighted by Crippen LogP contribution is 2.37. The van der Waals surface area contributed by atoms with Crippen LogP contribution in [0.5, 0.6) is 11.5 Å². The van der Waals surface area contributed by atoms with Gasteiger partial charge in [-0.05, 0) is 155 Å². The van der Waals surface area contributed by atoms with Crippen molar-refractivity contribution in [3.8, 4) is 11.5 Å². The topological polar surface area (TPSA) is 146 Å². The van der Waals surface area contributed by atoms with Crippen LogP contribution >= 0.6 is 55.1 Å². The number of aryl methyl sites for hydroxylation is 3. The van der Waals surface area contributed by atoms with E-state index < -0.39 is 24.4 Å². The smallest absolute Gasteiger partial charge is 0.322 e. The maximum absolute atomic E-state index is 12.1. The molecule has 10 nitrogen and oxygen atoms in total. The van der Waals surface area contributed by atoms with E-state index in [0.29, 0.717) is 67.8 Å². The van der Waals surface area contributed by atoms with Crippen molar-refractivity contribution in [3.05, 3.63) is 113 Å². The number of carbonyl (C=O) groups excluding carboxylic acids is 1. The van der Waals surface area contributed by atoms with Crippen LogP contribution in [0.2, 0.25) is 10.0 Å². The van der Waals surface area contributed by atoms with Crippen molar-refractivity contribution >= 4 is 84.3 Å². The highest BCUT2D eigenvalue weighted by Gasteiger charge is 2.16. The molecule has 56 heavy (non-hydrogen) atoms. The number of hydrogen-bond acceptors (Lipinski definition) is 7. The number of carboxylic acid groups (broad SMARTS) is 2. The van der Waals surface area contributed by atoms with Crippen molar-refractivity contribution in [1.82, 2.24) is 5.32 Å². The number of amides is 1. The molecule has 4 rings (SSSR count). The third kappa shape index (κ3) is 15.5. The van der Waals surface area contributed by atoms with Crippen molar-refractivity contribution in [3.63, 3.8) is 0 Å². The molecule has 0 fully saturated rings. The van der Waals surface area contributed by atoms with E-state index in [9.17, 15) is 14.4 Å². The molecule has 0 aliphatic heterocycles. The summed E-state index contributed by atoms with van der Waals surface area (Å²) in [6, 6.07) is 19.8. The van der Waals surface area contributed by atoms with Gasteiger partial charge in [0.15, 0.2) is 5.75 Å². The number of ether oxygens (including phenoxy) is 2. The summed E-state index contributed by atoms with van der Waals surface area (Å²) < 4.78 is 13.0. The van der Waals surface area contributed by atoms with Gasteiger partial charge in [0.05, 0.1) is 19.0 Å². The molecule has 302 valence electrons. The molecule has 0 saturated carbocycles. The number of aliphatic carboxylic acids is 2. The Balaban J connectivity index is 0.000000301. The minimum Gasteiger partial charge on any atom is -0.487 e. The highest BCUT2D eigenvalue weighted by molar-refractivity contribution is 9.11. The van der Waals surface area contributed by atoms with E-state index in [1.54, 1.807) is 24.3 Å². The number of carboxylic acids is 2. The first-order valence-corrected chi connectivity index (χ1v) is 20.5. The number of benzene rings is 4. The van der Waals surface area contributed by atoms with Gasteiger partial charge in [-0.15, -0.1) is 0 Å². The van der Waals surface area contributed by atoms with E-state index in [1.807, 2.05) is 13.8 Å². The molecule has 14 heteroatoms. The third-order valence-corrected chi connectivity index (χ3v) is 10.2. The molecule has 0 aromatic heterocycles. The number of rotatable bonds is 18. The van der Waals surface area contributed by atoms with Gasteiger partial charge in [-0.3, -0.25) is 14.4 Å². The Morgan fingerprint density at radius 3 is 1.57 bits per heavy atom. The molecule has 0 spiro atoms. The summed E-state index contributed by atoms with van der Waals surface area (Å²) in [5.74, 6) is -1.45. The number of carbonyl (C=O) groups is 3. The van der Waals surface area contributed by atoms with E-state index in [-0.39, 0.29) is 6.42 Å². The molecule has 4 aromatic carbocycles. The minimum absolute atomic E-state index is 0.0299. The molecule has 2 atom stereocenters. The van der Waals surface area contributed by atoms with Crippen LogP contribution in [0.25, 0.3) is 0 Å². The van der Waals surface area contributed by atoms with Crippen LogP contribution < -0.4 is 25.4 Å². The Hall–Kier alpha value is -3.97. The standard InChI is InChI=1S/C21H24Br2N2O4.C21H25Cl2NO3/c1-4-13(3)25-16-6-12(2)5-14(7-16)11-29-20-17(22)8-15(9-18(20)23)21(28)24-10-19(26)27;1-4-14(3)24-17-8-13(2)7-16(9-17)12-27-21-18(22)10-15(11-19(21)23)5-6-20(25)26/h5-9,13,25H,4,10-11H2,1-3H3,(H,24,28)(H,26,27);7-11,14,24H,4-6,12H2,1-3H3,(H,25,26). The van der Waals surface area contributed by atoms with Crippen LogP contribution in [0, 0.1) is 13.8 Å². The third-order valence-electron chi connectivity index (χ3n) is 8.44. The fraction of sp³-hybridized carbons (Fsp3) is 0.357. The maximum atomic E-state index is 12.1. The summed E-state index contributed by atoms with van der Waals surface area (Å²) in [7, 11) is 0. The van der Waals surface area contributed by atoms with E-state index in [4.69, 9.17) is 42.9 Å². The molecule has 0 aliphatic carbocycles. The van der Waals surface area contributed by atoms with Crippen LogP contribution in [0.4, 0.5) is 11.4 Å². The lowest BCUT2D eigenvalue weighted by Crippen LogP contribution is -2.29. The molecule has 0 bridgehead atoms. The normalized spacial score (nSPS) is 11.8. The molecule has 0 radical (unpaired) electrons. The predicted molar refractivity (Wildman–Crippen MR) is 232 cm³/mol. The zero-order chi connectivity index (χ0) is 41.5. The number of hydrogen-bond donors (Lipinski definition) is 5. The van der Waals surface area contributed by atoms with Gasteiger partial charge in [-0.2, -0.15) is 0 Å². The summed E-state index contributed by atoms with van der Waals surface area (Å²) in [5, 5.41) is 27.5. The van der Waals surface area contributed by atoms with E-state index in [0.717, 1.165) is 52.0 Å². The molecule has 0 aliphatic rings. The predicted octanol–water partition coefficient (Wildman–Crippen LogP) is 11.2. The summed E-state index contributed by atoms with van der Waals surface area (Å²) in [6.07, 6.45) is 2.48. The molecule has 5 N–H and O–H groups in total. The monoisotopic (exact) mass is 935 g/mol. The van der Waals surface area contributed by atoms with Crippen molar-refractivity contribution in [2.45, 2.75) is 92.5 Å². The number of nitrogens with one attached hydrogen (secondary N) is 3. The molecule has 0 saturated heterocycles.